The number of aliphatic hydroxyl groups excluding tert-OH is 3. The largest absolute Gasteiger partial charge is 0.462 e. The highest BCUT2D eigenvalue weighted by Crippen LogP contribution is 2.24. The number of esters is 2. The van der Waals surface area contributed by atoms with E-state index in [1.807, 2.05) is 0 Å². The van der Waals surface area contributed by atoms with Crippen molar-refractivity contribution in [3.63, 3.8) is 0 Å². The van der Waals surface area contributed by atoms with Crippen LogP contribution in [0.3, 0.4) is 0 Å². The van der Waals surface area contributed by atoms with Crippen LogP contribution in [0, 0.1) is 0 Å². The maximum Gasteiger partial charge on any atom is 0.306 e. The van der Waals surface area contributed by atoms with Gasteiger partial charge in [0.1, 0.15) is 36.8 Å². The van der Waals surface area contributed by atoms with Gasteiger partial charge in [0, 0.05) is 12.8 Å². The predicted octanol–water partition coefficient (Wildman–Crippen LogP) is 11.3. The van der Waals surface area contributed by atoms with Crippen LogP contribution in [0.4, 0.5) is 0 Å². The molecule has 0 saturated carbocycles. The zero-order chi connectivity index (χ0) is 46.9. The molecule has 2 unspecified atom stereocenters. The molecule has 0 spiro atoms. The third-order valence-corrected chi connectivity index (χ3v) is 12.5. The summed E-state index contributed by atoms with van der Waals surface area (Å²) in [5, 5.41) is 31.0. The molecule has 0 amide bonds. The van der Waals surface area contributed by atoms with Gasteiger partial charge in [0.25, 0.3) is 10.1 Å². The lowest BCUT2D eigenvalue weighted by Crippen LogP contribution is -2.60. The Labute approximate surface area is 389 Å². The van der Waals surface area contributed by atoms with Crippen molar-refractivity contribution in [1.82, 2.24) is 0 Å². The fourth-order valence-electron chi connectivity index (χ4n) is 7.77. The van der Waals surface area contributed by atoms with E-state index >= 15 is 0 Å². The minimum absolute atomic E-state index is 0.160. The lowest BCUT2D eigenvalue weighted by molar-refractivity contribution is -0.297. The molecule has 0 radical (unpaired) electrons. The normalized spacial score (nSPS) is 19.4. The van der Waals surface area contributed by atoms with Crippen LogP contribution in [0.5, 0.6) is 0 Å². The Balaban J connectivity index is 2.38. The topological polar surface area (TPSA) is 186 Å². The number of carbonyl (C=O) groups is 2. The standard InChI is InChI=1S/C51H92O12S/c1-3-5-7-9-11-13-15-17-19-20-21-22-23-24-26-28-30-32-34-36-38-40-47(53)62-44(42-61-51-50(56)49(55)48(54)45(63-51)43-64(57,58)59)41-60-46(52)39-37-35-33-31-29-27-25-18-16-14-12-10-8-6-4-2/h16-17,19,25,44-45,48-51,54-56H,3-15,20-24,26-43H2,1-2H3,(H,57,58,59)/b19-17+/t18?,44-,45-,48-,49?,50?,51+/m1/s1. The molecule has 64 heavy (non-hydrogen) atoms. The second-order valence-corrected chi connectivity index (χ2v) is 19.4. The number of carbonyl (C=O) groups excluding carboxylic acids is 2. The summed E-state index contributed by atoms with van der Waals surface area (Å²) in [6.45, 7) is 3.75. The molecule has 1 aliphatic heterocycles. The van der Waals surface area contributed by atoms with Crippen molar-refractivity contribution in [3.05, 3.63) is 30.0 Å². The van der Waals surface area contributed by atoms with Gasteiger partial charge < -0.3 is 34.3 Å². The molecule has 12 nitrogen and oxygen atoms in total. The van der Waals surface area contributed by atoms with Crippen molar-refractivity contribution in [2.75, 3.05) is 19.0 Å². The maximum atomic E-state index is 12.9. The van der Waals surface area contributed by atoms with Crippen molar-refractivity contribution in [1.29, 1.82) is 0 Å². The molecule has 0 bridgehead atoms. The SMILES string of the molecule is CCCCCCCC=C=CCCCCCCCC(=O)OC[C@H](CO[C@H]1O[C@H](CS(=O)(=O)O)[C@@H](O)C(O)C1O)OC(=O)CCCCCCCCCCCCC/C=C/CCCCCCCC. The van der Waals surface area contributed by atoms with E-state index in [4.69, 9.17) is 18.9 Å². The Kier molecular flexibility index (Phi) is 38.5. The Bertz CT molecular complexity index is 1330. The molecule has 4 N–H and O–H groups in total. The summed E-state index contributed by atoms with van der Waals surface area (Å²) in [7, 11) is -4.61. The third-order valence-electron chi connectivity index (χ3n) is 11.8. The highest BCUT2D eigenvalue weighted by Gasteiger charge is 2.46. The van der Waals surface area contributed by atoms with Crippen LogP contribution >= 0.6 is 0 Å². The second kappa shape index (κ2) is 41.1. The van der Waals surface area contributed by atoms with E-state index in [0.717, 1.165) is 57.8 Å². The first-order valence-electron chi connectivity index (χ1n) is 25.6. The highest BCUT2D eigenvalue weighted by molar-refractivity contribution is 7.85. The summed E-state index contributed by atoms with van der Waals surface area (Å²) in [6, 6.07) is 0. The zero-order valence-electron chi connectivity index (χ0n) is 40.2. The smallest absolute Gasteiger partial charge is 0.306 e. The van der Waals surface area contributed by atoms with Crippen LogP contribution < -0.4 is 0 Å². The van der Waals surface area contributed by atoms with Crippen molar-refractivity contribution in [2.45, 2.75) is 263 Å². The predicted molar refractivity (Wildman–Crippen MR) is 255 cm³/mol. The molecular weight excluding hydrogens is 837 g/mol. The molecule has 0 aromatic heterocycles. The fourth-order valence-corrected chi connectivity index (χ4v) is 8.46. The minimum atomic E-state index is -4.61. The Morgan fingerprint density at radius 1 is 0.562 bits per heavy atom. The van der Waals surface area contributed by atoms with E-state index in [2.05, 4.69) is 43.9 Å². The van der Waals surface area contributed by atoms with Gasteiger partial charge in [0.05, 0.1) is 6.61 Å². The molecule has 0 aromatic carbocycles. The average molecular weight is 929 g/mol. The van der Waals surface area contributed by atoms with Gasteiger partial charge >= 0.3 is 11.9 Å². The Hall–Kier alpha value is -2.09. The van der Waals surface area contributed by atoms with Crippen molar-refractivity contribution >= 4 is 22.1 Å². The molecule has 13 heteroatoms. The number of hydrogen-bond acceptors (Lipinski definition) is 11. The highest BCUT2D eigenvalue weighted by atomic mass is 32.2. The zero-order valence-corrected chi connectivity index (χ0v) is 41.0. The Morgan fingerprint density at radius 3 is 1.45 bits per heavy atom. The van der Waals surface area contributed by atoms with Crippen molar-refractivity contribution in [2.24, 2.45) is 0 Å². The number of ether oxygens (including phenoxy) is 4. The summed E-state index contributed by atoms with van der Waals surface area (Å²) in [4.78, 5) is 25.5. The van der Waals surface area contributed by atoms with Crippen LogP contribution in [-0.2, 0) is 38.7 Å². The number of allylic oxidation sites excluding steroid dienone is 3. The molecule has 1 fully saturated rings. The van der Waals surface area contributed by atoms with Gasteiger partial charge in [-0.1, -0.05) is 161 Å². The number of unbranched alkanes of at least 4 members (excludes halogenated alkanes) is 27. The van der Waals surface area contributed by atoms with Gasteiger partial charge in [0.15, 0.2) is 12.4 Å². The van der Waals surface area contributed by atoms with Crippen LogP contribution in [0.15, 0.2) is 30.0 Å². The van der Waals surface area contributed by atoms with E-state index in [0.29, 0.717) is 12.8 Å². The van der Waals surface area contributed by atoms with E-state index < -0.39 is 71.2 Å². The van der Waals surface area contributed by atoms with Gasteiger partial charge in [-0.25, -0.2) is 0 Å². The minimum Gasteiger partial charge on any atom is -0.462 e. The summed E-state index contributed by atoms with van der Waals surface area (Å²) in [6.07, 6.45) is 35.7. The van der Waals surface area contributed by atoms with Crippen LogP contribution in [0.2, 0.25) is 0 Å². The first kappa shape index (κ1) is 59.9. The summed E-state index contributed by atoms with van der Waals surface area (Å²) in [5.41, 5.74) is 3.28. The van der Waals surface area contributed by atoms with E-state index in [-0.39, 0.29) is 19.4 Å². The lowest BCUT2D eigenvalue weighted by atomic mass is 10.00. The molecule has 1 rings (SSSR count). The van der Waals surface area contributed by atoms with Gasteiger partial charge in [-0.15, -0.1) is 5.73 Å². The second-order valence-electron chi connectivity index (χ2n) is 17.9. The number of hydrogen-bond donors (Lipinski definition) is 4. The molecule has 6 atom stereocenters. The lowest BCUT2D eigenvalue weighted by Gasteiger charge is -2.40. The van der Waals surface area contributed by atoms with Crippen LogP contribution in [0.25, 0.3) is 0 Å². The van der Waals surface area contributed by atoms with Gasteiger partial charge in [-0.05, 0) is 76.4 Å². The Morgan fingerprint density at radius 2 is 0.984 bits per heavy atom. The molecule has 1 aliphatic rings. The number of rotatable bonds is 43. The molecule has 374 valence electrons. The summed E-state index contributed by atoms with van der Waals surface area (Å²) >= 11 is 0. The first-order valence-corrected chi connectivity index (χ1v) is 27.2. The van der Waals surface area contributed by atoms with Gasteiger partial charge in [-0.3, -0.25) is 14.1 Å². The van der Waals surface area contributed by atoms with E-state index in [9.17, 15) is 37.9 Å². The monoisotopic (exact) mass is 929 g/mol. The van der Waals surface area contributed by atoms with Crippen LogP contribution in [0.1, 0.15) is 226 Å². The van der Waals surface area contributed by atoms with Crippen molar-refractivity contribution < 1.29 is 56.8 Å². The third kappa shape index (κ3) is 35.1. The molecule has 1 saturated heterocycles. The van der Waals surface area contributed by atoms with E-state index in [1.165, 1.54) is 128 Å². The summed E-state index contributed by atoms with van der Waals surface area (Å²) in [5.74, 6) is -2.00. The summed E-state index contributed by atoms with van der Waals surface area (Å²) < 4.78 is 54.2. The molecule has 1 heterocycles. The quantitative estimate of drug-likeness (QED) is 0.0149. The average Bonchev–Trinajstić information content (AvgIpc) is 3.26. The van der Waals surface area contributed by atoms with Gasteiger partial charge in [0.2, 0.25) is 0 Å². The molecule has 0 aromatic rings. The maximum absolute atomic E-state index is 12.9. The fraction of sp³-hybridized carbons (Fsp3) is 0.863. The van der Waals surface area contributed by atoms with Crippen molar-refractivity contribution in [3.8, 4) is 0 Å². The first-order chi connectivity index (χ1) is 31.0. The number of aliphatic hydroxyl groups is 3. The van der Waals surface area contributed by atoms with E-state index in [1.54, 1.807) is 0 Å². The molecular formula is C51H92O12S. The van der Waals surface area contributed by atoms with Crippen LogP contribution in [-0.4, -0.2) is 96.0 Å². The molecule has 0 aliphatic carbocycles. The van der Waals surface area contributed by atoms with Gasteiger partial charge in [-0.2, -0.15) is 8.42 Å².